The van der Waals surface area contributed by atoms with Crippen LogP contribution in [0.2, 0.25) is 0 Å². The quantitative estimate of drug-likeness (QED) is 0.239. The lowest BCUT2D eigenvalue weighted by Gasteiger charge is -2.31. The van der Waals surface area contributed by atoms with Crippen LogP contribution in [0.3, 0.4) is 0 Å². The predicted octanol–water partition coefficient (Wildman–Crippen LogP) is 11.0. The molecule has 0 heterocycles. The lowest BCUT2D eigenvalue weighted by Crippen LogP contribution is -2.19. The Balaban J connectivity index is 2.24. The van der Waals surface area contributed by atoms with E-state index < -0.39 is 8.03 Å². The van der Waals surface area contributed by atoms with Gasteiger partial charge in [-0.15, -0.1) is 0 Å². The molecule has 0 saturated heterocycles. The summed E-state index contributed by atoms with van der Waals surface area (Å²) >= 11 is 0. The zero-order valence-corrected chi connectivity index (χ0v) is 29.4. The van der Waals surface area contributed by atoms with Gasteiger partial charge in [0.1, 0.15) is 0 Å². The van der Waals surface area contributed by atoms with Crippen LogP contribution in [-0.2, 0) is 26.2 Å². The maximum Gasteiger partial charge on any atom is 0.218 e. The predicted molar refractivity (Wildman–Crippen MR) is 188 cm³/mol. The van der Waals surface area contributed by atoms with Crippen LogP contribution in [0.15, 0.2) is 78.9 Å². The van der Waals surface area contributed by atoms with Crippen molar-refractivity contribution in [1.82, 2.24) is 0 Å². The Kier molecular flexibility index (Phi) is 8.84. The highest BCUT2D eigenvalue weighted by Gasteiger charge is 2.30. The Morgan fingerprint density at radius 3 is 1.37 bits per heavy atom. The molecule has 0 saturated carbocycles. The molecule has 3 heteroatoms. The highest BCUT2D eigenvalue weighted by Crippen LogP contribution is 2.47. The van der Waals surface area contributed by atoms with Gasteiger partial charge in [-0.3, -0.25) is 4.57 Å². The van der Waals surface area contributed by atoms with Gasteiger partial charge in [0, 0.05) is 10.9 Å². The van der Waals surface area contributed by atoms with Gasteiger partial charge < -0.3 is 4.89 Å². The second-order valence-electron chi connectivity index (χ2n) is 16.1. The van der Waals surface area contributed by atoms with Crippen molar-refractivity contribution in [2.45, 2.75) is 105 Å². The number of hydrogen-bond donors (Lipinski definition) is 1. The van der Waals surface area contributed by atoms with Crippen LogP contribution in [0.25, 0.3) is 33.4 Å². The molecule has 4 aromatic rings. The highest BCUT2D eigenvalue weighted by molar-refractivity contribution is 7.47. The molecule has 0 bridgehead atoms. The minimum atomic E-state index is -3.03. The molecule has 1 atom stereocenters. The van der Waals surface area contributed by atoms with E-state index in [-0.39, 0.29) is 21.7 Å². The molecule has 43 heavy (non-hydrogen) atoms. The Labute approximate surface area is 261 Å². The van der Waals surface area contributed by atoms with Gasteiger partial charge in [-0.1, -0.05) is 156 Å². The summed E-state index contributed by atoms with van der Waals surface area (Å²) in [4.78, 5) is 10.8. The fraction of sp³-hybridized carbons (Fsp3) is 0.400. The van der Waals surface area contributed by atoms with E-state index in [4.69, 9.17) is 0 Å². The van der Waals surface area contributed by atoms with Crippen molar-refractivity contribution >= 4 is 13.3 Å². The van der Waals surface area contributed by atoms with E-state index in [0.717, 1.165) is 33.4 Å². The first-order valence-electron chi connectivity index (χ1n) is 15.5. The smallest absolute Gasteiger partial charge is 0.218 e. The average Bonchev–Trinajstić information content (AvgIpc) is 2.90. The van der Waals surface area contributed by atoms with Gasteiger partial charge in [0.05, 0.1) is 0 Å². The number of benzene rings is 4. The maximum atomic E-state index is 13.2. The molecule has 4 rings (SSSR count). The van der Waals surface area contributed by atoms with Crippen molar-refractivity contribution in [2.75, 3.05) is 0 Å². The van der Waals surface area contributed by atoms with Crippen molar-refractivity contribution in [3.63, 3.8) is 0 Å². The maximum absolute atomic E-state index is 13.2. The first kappa shape index (κ1) is 33.0. The van der Waals surface area contributed by atoms with E-state index in [9.17, 15) is 9.46 Å². The molecule has 0 radical (unpaired) electrons. The molecule has 0 spiro atoms. The van der Waals surface area contributed by atoms with Crippen LogP contribution in [0.5, 0.6) is 0 Å². The largest absolute Gasteiger partial charge is 0.343 e. The second-order valence-corrected chi connectivity index (χ2v) is 17.3. The summed E-state index contributed by atoms with van der Waals surface area (Å²) in [6.07, 6.45) is 0. The van der Waals surface area contributed by atoms with E-state index in [2.05, 4.69) is 150 Å². The van der Waals surface area contributed by atoms with E-state index in [1.807, 2.05) is 12.1 Å². The van der Waals surface area contributed by atoms with Crippen molar-refractivity contribution < 1.29 is 9.46 Å². The SMILES string of the molecule is CC(C)(C)c1ccc(-c2ccc([PH](=O)O)c(-c3ccc(C(C)(C)C)cc3C(C)(C)C)c2-c2ccccc2)c(C(C)(C)C)c1. The topological polar surface area (TPSA) is 37.3 Å². The van der Waals surface area contributed by atoms with Crippen LogP contribution < -0.4 is 5.30 Å². The van der Waals surface area contributed by atoms with Gasteiger partial charge >= 0.3 is 0 Å². The van der Waals surface area contributed by atoms with Gasteiger partial charge in [0.15, 0.2) is 0 Å². The minimum absolute atomic E-state index is 0.0169. The van der Waals surface area contributed by atoms with Crippen molar-refractivity contribution in [3.8, 4) is 33.4 Å². The normalized spacial score (nSPS) is 13.7. The molecular weight excluding hydrogens is 543 g/mol. The third kappa shape index (κ3) is 6.92. The molecular formula is C40H51O2P. The van der Waals surface area contributed by atoms with Gasteiger partial charge in [-0.05, 0) is 77.8 Å². The van der Waals surface area contributed by atoms with Crippen LogP contribution in [0.4, 0.5) is 0 Å². The fourth-order valence-corrected chi connectivity index (χ4v) is 6.60. The van der Waals surface area contributed by atoms with Crippen LogP contribution in [0.1, 0.15) is 105 Å². The number of rotatable bonds is 4. The molecule has 0 aliphatic heterocycles. The van der Waals surface area contributed by atoms with Crippen molar-refractivity contribution in [3.05, 3.63) is 101 Å². The van der Waals surface area contributed by atoms with Crippen LogP contribution in [-0.4, -0.2) is 4.89 Å². The average molecular weight is 595 g/mol. The zero-order chi connectivity index (χ0) is 32.1. The Hall–Kier alpha value is -2.93. The Morgan fingerprint density at radius 2 is 0.930 bits per heavy atom. The van der Waals surface area contributed by atoms with Gasteiger partial charge in [-0.2, -0.15) is 0 Å². The molecule has 4 aromatic carbocycles. The van der Waals surface area contributed by atoms with Gasteiger partial charge in [-0.25, -0.2) is 0 Å². The summed E-state index contributed by atoms with van der Waals surface area (Å²) < 4.78 is 13.2. The third-order valence-electron chi connectivity index (χ3n) is 8.44. The molecule has 0 amide bonds. The van der Waals surface area contributed by atoms with E-state index >= 15 is 0 Å². The molecule has 0 aliphatic carbocycles. The molecule has 0 aromatic heterocycles. The van der Waals surface area contributed by atoms with Gasteiger partial charge in [0.2, 0.25) is 8.03 Å². The Bertz CT molecular complexity index is 1650. The zero-order valence-electron chi connectivity index (χ0n) is 28.4. The molecule has 1 N–H and O–H groups in total. The fourth-order valence-electron chi connectivity index (χ4n) is 5.91. The number of hydrogen-bond acceptors (Lipinski definition) is 1. The van der Waals surface area contributed by atoms with E-state index in [0.29, 0.717) is 5.30 Å². The molecule has 1 unspecified atom stereocenters. The highest BCUT2D eigenvalue weighted by atomic mass is 31.1. The van der Waals surface area contributed by atoms with Crippen LogP contribution in [0, 0.1) is 0 Å². The lowest BCUT2D eigenvalue weighted by molar-refractivity contribution is 0.513. The first-order valence-corrected chi connectivity index (χ1v) is 16.8. The minimum Gasteiger partial charge on any atom is -0.343 e. The first-order chi connectivity index (χ1) is 19.7. The third-order valence-corrected chi connectivity index (χ3v) is 9.32. The van der Waals surface area contributed by atoms with Crippen LogP contribution >= 0.6 is 8.03 Å². The summed E-state index contributed by atoms with van der Waals surface area (Å²) in [5.41, 5.74) is 10.9. The molecule has 2 nitrogen and oxygen atoms in total. The summed E-state index contributed by atoms with van der Waals surface area (Å²) in [5, 5.41) is 0.505. The van der Waals surface area contributed by atoms with Gasteiger partial charge in [0.25, 0.3) is 0 Å². The summed E-state index contributed by atoms with van der Waals surface area (Å²) in [6, 6.07) is 27.9. The Morgan fingerprint density at radius 1 is 0.488 bits per heavy atom. The molecule has 0 fully saturated rings. The summed E-state index contributed by atoms with van der Waals surface area (Å²) in [6.45, 7) is 27.0. The summed E-state index contributed by atoms with van der Waals surface area (Å²) in [5.74, 6) is 0. The molecule has 228 valence electrons. The van der Waals surface area contributed by atoms with E-state index in [1.165, 1.54) is 22.3 Å². The monoisotopic (exact) mass is 594 g/mol. The second kappa shape index (κ2) is 11.5. The summed E-state index contributed by atoms with van der Waals surface area (Å²) in [7, 11) is -3.03. The lowest BCUT2D eigenvalue weighted by atomic mass is 9.74. The van der Waals surface area contributed by atoms with E-state index in [1.54, 1.807) is 0 Å². The molecule has 0 aliphatic rings. The standard InChI is InChI=1S/C40H51O2P/c1-37(2,3)27-18-20-29(32(24-27)39(7,8)9)30-22-23-34(43(41)42)36(35(30)26-16-14-13-15-17-26)31-21-19-28(38(4,5)6)25-33(31)40(10,11)12/h13-25,43H,1-12H3,(H,41,42). The van der Waals surface area contributed by atoms with Crippen molar-refractivity contribution in [1.29, 1.82) is 0 Å². The van der Waals surface area contributed by atoms with Crippen molar-refractivity contribution in [2.24, 2.45) is 0 Å².